The average Bonchev–Trinajstić information content (AvgIpc) is 3.20. The zero-order chi connectivity index (χ0) is 23.5. The van der Waals surface area contributed by atoms with Crippen molar-refractivity contribution in [2.45, 2.75) is 71.3 Å². The maximum Gasteiger partial charge on any atom is 0.159 e. The number of carbonyl (C=O) groups excluding carboxylic acids is 1. The zero-order valence-corrected chi connectivity index (χ0v) is 20.7. The van der Waals surface area contributed by atoms with E-state index in [4.69, 9.17) is 0 Å². The topological polar surface area (TPSA) is 37.3 Å². The fraction of sp³-hybridized carbons (Fsp3) is 0.531. The third-order valence-electron chi connectivity index (χ3n) is 10.6. The van der Waals surface area contributed by atoms with E-state index in [9.17, 15) is 9.90 Å². The average molecular weight is 455 g/mol. The molecule has 0 aliphatic heterocycles. The number of aliphatic hydroxyl groups excluding tert-OH is 1. The van der Waals surface area contributed by atoms with Crippen LogP contribution in [0.25, 0.3) is 16.8 Å². The number of hydrogen-bond donors (Lipinski definition) is 1. The molecule has 2 heteroatoms. The van der Waals surface area contributed by atoms with Crippen molar-refractivity contribution >= 4 is 22.6 Å². The minimum absolute atomic E-state index is 0.127. The Morgan fingerprint density at radius 1 is 0.971 bits per heavy atom. The van der Waals surface area contributed by atoms with E-state index in [0.29, 0.717) is 17.6 Å². The second-order valence-corrected chi connectivity index (χ2v) is 12.2. The van der Waals surface area contributed by atoms with Crippen LogP contribution in [0, 0.1) is 34.5 Å². The molecule has 0 amide bonds. The molecule has 0 heterocycles. The van der Waals surface area contributed by atoms with Gasteiger partial charge in [0, 0.05) is 5.92 Å². The van der Waals surface area contributed by atoms with E-state index in [1.807, 2.05) is 12.2 Å². The quantitative estimate of drug-likeness (QED) is 0.388. The van der Waals surface area contributed by atoms with Crippen molar-refractivity contribution in [3.63, 3.8) is 0 Å². The zero-order valence-electron chi connectivity index (χ0n) is 20.7. The Morgan fingerprint density at radius 2 is 1.79 bits per heavy atom. The minimum atomic E-state index is -0.146. The number of allylic oxidation sites excluding steroid dienone is 2. The molecule has 6 rings (SSSR count). The van der Waals surface area contributed by atoms with Gasteiger partial charge in [0.05, 0.1) is 6.10 Å². The van der Waals surface area contributed by atoms with Gasteiger partial charge in [0.15, 0.2) is 5.78 Å². The van der Waals surface area contributed by atoms with E-state index in [2.05, 4.69) is 62.4 Å². The van der Waals surface area contributed by atoms with E-state index in [0.717, 1.165) is 43.6 Å². The Balaban J connectivity index is 1.21. The highest BCUT2D eigenvalue weighted by Gasteiger charge is 2.59. The highest BCUT2D eigenvalue weighted by Crippen LogP contribution is 2.66. The fourth-order valence-electron chi connectivity index (χ4n) is 8.72. The van der Waals surface area contributed by atoms with Crippen LogP contribution in [0.4, 0.5) is 0 Å². The van der Waals surface area contributed by atoms with Gasteiger partial charge in [0.25, 0.3) is 0 Å². The number of hydrogen-bond acceptors (Lipinski definition) is 2. The van der Waals surface area contributed by atoms with E-state index in [1.54, 1.807) is 0 Å². The van der Waals surface area contributed by atoms with Crippen LogP contribution >= 0.6 is 0 Å². The molecule has 7 atom stereocenters. The van der Waals surface area contributed by atoms with Crippen molar-refractivity contribution in [3.8, 4) is 0 Å². The molecule has 34 heavy (non-hydrogen) atoms. The summed E-state index contributed by atoms with van der Waals surface area (Å²) in [7, 11) is 0. The van der Waals surface area contributed by atoms with Gasteiger partial charge in [-0.3, -0.25) is 4.79 Å². The first-order valence-corrected chi connectivity index (χ1v) is 13.5. The van der Waals surface area contributed by atoms with Gasteiger partial charge in [-0.15, -0.1) is 0 Å². The molecule has 178 valence electrons. The second-order valence-electron chi connectivity index (χ2n) is 12.2. The molecule has 4 aliphatic rings. The first-order chi connectivity index (χ1) is 16.4. The molecule has 7 unspecified atom stereocenters. The van der Waals surface area contributed by atoms with Gasteiger partial charge in [-0.1, -0.05) is 68.0 Å². The molecule has 1 N–H and O–H groups in total. The maximum absolute atomic E-state index is 13.5. The highest BCUT2D eigenvalue weighted by molar-refractivity contribution is 5.96. The summed E-state index contributed by atoms with van der Waals surface area (Å²) >= 11 is 0. The summed E-state index contributed by atoms with van der Waals surface area (Å²) in [6.07, 6.45) is 15.0. The molecule has 2 aromatic carbocycles. The van der Waals surface area contributed by atoms with Crippen molar-refractivity contribution in [1.29, 1.82) is 0 Å². The first-order valence-electron chi connectivity index (χ1n) is 13.5. The molecule has 2 aromatic rings. The number of ketones is 1. The Hall–Kier alpha value is -2.19. The molecule has 0 radical (unpaired) electrons. The van der Waals surface area contributed by atoms with E-state index in [-0.39, 0.29) is 22.9 Å². The third-order valence-corrected chi connectivity index (χ3v) is 10.6. The molecule has 4 aliphatic carbocycles. The Bertz CT molecular complexity index is 1170. The first kappa shape index (κ1) is 22.3. The molecule has 0 aromatic heterocycles. The van der Waals surface area contributed by atoms with Crippen LogP contribution in [0.3, 0.4) is 0 Å². The van der Waals surface area contributed by atoms with Crippen LogP contribution in [0.15, 0.2) is 60.2 Å². The normalized spacial score (nSPS) is 39.4. The summed E-state index contributed by atoms with van der Waals surface area (Å²) in [5.41, 5.74) is 3.02. The number of fused-ring (bicyclic) bond motifs is 6. The number of benzene rings is 2. The van der Waals surface area contributed by atoms with Crippen molar-refractivity contribution < 1.29 is 9.90 Å². The Morgan fingerprint density at radius 3 is 2.65 bits per heavy atom. The van der Waals surface area contributed by atoms with Crippen molar-refractivity contribution in [2.75, 3.05) is 0 Å². The standard InChI is InChI=1S/C32H38O2/c1-31-17-15-25(33)20-24(31)10-11-26-27-12-13-29(32(27,2)18-16-28(26)31)30(34)14-8-21-7-9-22-5-3-4-6-23(22)19-21/h3-10,14,19,25-29,33H,11-13,15-18,20H2,1-2H3/b14-8+. The van der Waals surface area contributed by atoms with Crippen LogP contribution in [0.5, 0.6) is 0 Å². The van der Waals surface area contributed by atoms with Crippen LogP contribution in [0.1, 0.15) is 70.8 Å². The molecule has 0 saturated heterocycles. The SMILES string of the molecule is CC12CCC(O)CC1=CCC1C2CCC2(C)C(C(=O)/C=C/c3ccc4ccccc4c3)CCC12. The third kappa shape index (κ3) is 3.44. The smallest absolute Gasteiger partial charge is 0.159 e. The van der Waals surface area contributed by atoms with Gasteiger partial charge in [-0.25, -0.2) is 0 Å². The van der Waals surface area contributed by atoms with Gasteiger partial charge in [-0.05, 0) is 108 Å². The van der Waals surface area contributed by atoms with Crippen LogP contribution in [-0.4, -0.2) is 17.0 Å². The lowest BCUT2D eigenvalue weighted by atomic mass is 9.47. The summed E-state index contributed by atoms with van der Waals surface area (Å²) < 4.78 is 0. The van der Waals surface area contributed by atoms with Crippen LogP contribution in [-0.2, 0) is 4.79 Å². The van der Waals surface area contributed by atoms with E-state index < -0.39 is 0 Å². The van der Waals surface area contributed by atoms with Crippen molar-refractivity contribution in [1.82, 2.24) is 0 Å². The Labute approximate surface area is 204 Å². The molecular formula is C32H38O2. The summed E-state index contributed by atoms with van der Waals surface area (Å²) in [6, 6.07) is 14.8. The van der Waals surface area contributed by atoms with Gasteiger partial charge in [0.1, 0.15) is 0 Å². The largest absolute Gasteiger partial charge is 0.393 e. The van der Waals surface area contributed by atoms with Gasteiger partial charge in [0.2, 0.25) is 0 Å². The lowest BCUT2D eigenvalue weighted by Crippen LogP contribution is -2.50. The molecule has 3 saturated carbocycles. The second kappa shape index (κ2) is 8.19. The van der Waals surface area contributed by atoms with Crippen LogP contribution < -0.4 is 0 Å². The molecule has 2 nitrogen and oxygen atoms in total. The van der Waals surface area contributed by atoms with Gasteiger partial charge >= 0.3 is 0 Å². The summed E-state index contributed by atoms with van der Waals surface area (Å²) in [4.78, 5) is 13.5. The monoisotopic (exact) mass is 454 g/mol. The van der Waals surface area contributed by atoms with E-state index >= 15 is 0 Å². The van der Waals surface area contributed by atoms with Crippen molar-refractivity contribution in [3.05, 3.63) is 65.8 Å². The molecule has 0 spiro atoms. The van der Waals surface area contributed by atoms with Gasteiger partial charge < -0.3 is 5.11 Å². The maximum atomic E-state index is 13.5. The number of aliphatic hydroxyl groups is 1. The summed E-state index contributed by atoms with van der Waals surface area (Å²) in [5, 5.41) is 12.7. The van der Waals surface area contributed by atoms with Crippen molar-refractivity contribution in [2.24, 2.45) is 34.5 Å². The van der Waals surface area contributed by atoms with Gasteiger partial charge in [-0.2, -0.15) is 0 Å². The number of rotatable bonds is 3. The molecular weight excluding hydrogens is 416 g/mol. The minimum Gasteiger partial charge on any atom is -0.393 e. The fourth-order valence-corrected chi connectivity index (χ4v) is 8.72. The lowest BCUT2D eigenvalue weighted by molar-refractivity contribution is -0.124. The molecule has 3 fully saturated rings. The lowest BCUT2D eigenvalue weighted by Gasteiger charge is -2.57. The highest BCUT2D eigenvalue weighted by atomic mass is 16.3. The van der Waals surface area contributed by atoms with E-state index in [1.165, 1.54) is 35.6 Å². The molecule has 0 bridgehead atoms. The summed E-state index contributed by atoms with van der Waals surface area (Å²) in [5.74, 6) is 2.55. The predicted octanol–water partition coefficient (Wildman–Crippen LogP) is 7.36. The summed E-state index contributed by atoms with van der Waals surface area (Å²) in [6.45, 7) is 4.91. The van der Waals surface area contributed by atoms with Crippen LogP contribution in [0.2, 0.25) is 0 Å². The number of carbonyl (C=O) groups is 1. The Kier molecular flexibility index (Phi) is 5.37. The predicted molar refractivity (Wildman–Crippen MR) is 139 cm³/mol.